The van der Waals surface area contributed by atoms with Crippen molar-refractivity contribution in [1.29, 1.82) is 0 Å². The molecule has 0 radical (unpaired) electrons. The maximum atomic E-state index is 13.1. The summed E-state index contributed by atoms with van der Waals surface area (Å²) in [5, 5.41) is 1.53. The highest BCUT2D eigenvalue weighted by molar-refractivity contribution is 7.93. The summed E-state index contributed by atoms with van der Waals surface area (Å²) in [7, 11) is -2.12. The Kier molecular flexibility index (Phi) is 3.73. The van der Waals surface area contributed by atoms with Crippen LogP contribution < -0.4 is 9.21 Å². The normalized spacial score (nSPS) is 15.8. The zero-order valence-corrected chi connectivity index (χ0v) is 15.3. The molecular formula is C20H18N2O3S. The van der Waals surface area contributed by atoms with Crippen molar-refractivity contribution in [3.8, 4) is 0 Å². The Morgan fingerprint density at radius 1 is 0.962 bits per heavy atom. The quantitative estimate of drug-likeness (QED) is 0.714. The first-order valence-corrected chi connectivity index (χ1v) is 9.76. The van der Waals surface area contributed by atoms with E-state index in [-0.39, 0.29) is 10.8 Å². The molecule has 1 unspecified atom stereocenters. The number of anilines is 2. The van der Waals surface area contributed by atoms with Crippen molar-refractivity contribution in [1.82, 2.24) is 0 Å². The Balaban J connectivity index is 1.79. The average Bonchev–Trinajstić information content (AvgIpc) is 2.89. The van der Waals surface area contributed by atoms with Crippen LogP contribution in [0.2, 0.25) is 0 Å². The lowest BCUT2D eigenvalue weighted by molar-refractivity contribution is -0.119. The lowest BCUT2D eigenvalue weighted by Crippen LogP contribution is -2.47. The van der Waals surface area contributed by atoms with Gasteiger partial charge in [0.2, 0.25) is 5.91 Å². The first kappa shape index (κ1) is 16.6. The van der Waals surface area contributed by atoms with Crippen molar-refractivity contribution < 1.29 is 13.2 Å². The van der Waals surface area contributed by atoms with E-state index < -0.39 is 16.1 Å². The molecule has 0 spiro atoms. The molecule has 0 saturated heterocycles. The van der Waals surface area contributed by atoms with Gasteiger partial charge in [0.15, 0.2) is 0 Å². The van der Waals surface area contributed by atoms with Crippen molar-refractivity contribution in [2.24, 2.45) is 0 Å². The highest BCUT2D eigenvalue weighted by atomic mass is 32.2. The molecule has 0 aromatic heterocycles. The molecule has 0 saturated carbocycles. The third kappa shape index (κ3) is 2.29. The number of carbonyl (C=O) groups is 1. The van der Waals surface area contributed by atoms with Crippen LogP contribution in [0.15, 0.2) is 71.6 Å². The van der Waals surface area contributed by atoms with Crippen LogP contribution in [0.4, 0.5) is 11.4 Å². The van der Waals surface area contributed by atoms with E-state index in [1.165, 1.54) is 9.21 Å². The van der Waals surface area contributed by atoms with Gasteiger partial charge in [0.1, 0.15) is 6.04 Å². The Labute approximate surface area is 152 Å². The van der Waals surface area contributed by atoms with Crippen LogP contribution in [0.3, 0.4) is 0 Å². The minimum Gasteiger partial charge on any atom is -0.314 e. The number of likely N-dealkylation sites (N-methyl/N-ethyl adjacent to an activating group) is 1. The summed E-state index contributed by atoms with van der Waals surface area (Å²) in [4.78, 5) is 14.8. The Morgan fingerprint density at radius 3 is 2.31 bits per heavy atom. The minimum atomic E-state index is -3.77. The summed E-state index contributed by atoms with van der Waals surface area (Å²) in [5.41, 5.74) is 1.28. The van der Waals surface area contributed by atoms with Gasteiger partial charge >= 0.3 is 0 Å². The van der Waals surface area contributed by atoms with E-state index in [4.69, 9.17) is 0 Å². The lowest BCUT2D eigenvalue weighted by Gasteiger charge is -2.29. The molecule has 5 nitrogen and oxygen atoms in total. The van der Waals surface area contributed by atoms with Gasteiger partial charge in [-0.1, -0.05) is 42.5 Å². The summed E-state index contributed by atoms with van der Waals surface area (Å²) in [6.45, 7) is 1.63. The molecule has 0 aliphatic carbocycles. The minimum absolute atomic E-state index is 0.257. The second-order valence-corrected chi connectivity index (χ2v) is 8.12. The zero-order chi connectivity index (χ0) is 18.5. The van der Waals surface area contributed by atoms with Gasteiger partial charge in [-0.15, -0.1) is 0 Å². The Morgan fingerprint density at radius 2 is 1.62 bits per heavy atom. The molecule has 0 bridgehead atoms. The Bertz CT molecular complexity index is 1110. The Hall–Kier alpha value is -2.86. The number of rotatable bonds is 3. The van der Waals surface area contributed by atoms with Crippen LogP contribution in [0.1, 0.15) is 6.92 Å². The monoisotopic (exact) mass is 366 g/mol. The van der Waals surface area contributed by atoms with Gasteiger partial charge in [0, 0.05) is 18.1 Å². The summed E-state index contributed by atoms with van der Waals surface area (Å²) >= 11 is 0. The molecule has 0 N–H and O–H groups in total. The van der Waals surface area contributed by atoms with Crippen LogP contribution in [0, 0.1) is 0 Å². The van der Waals surface area contributed by atoms with E-state index in [0.29, 0.717) is 11.1 Å². The molecule has 1 amide bonds. The van der Waals surface area contributed by atoms with Gasteiger partial charge < -0.3 is 4.90 Å². The standard InChI is InChI=1S/C20H18N2O3S/c1-14(20(23)21(2)16-10-4-3-5-11-16)22-17-12-6-8-15-9-7-13-18(19(15)17)26(22,24)25/h3-14H,1-2H3. The first-order valence-electron chi connectivity index (χ1n) is 8.32. The second kappa shape index (κ2) is 5.85. The summed E-state index contributed by atoms with van der Waals surface area (Å²) in [6.07, 6.45) is 0. The number of sulfonamides is 1. The fourth-order valence-corrected chi connectivity index (χ4v) is 5.36. The van der Waals surface area contributed by atoms with E-state index in [1.807, 2.05) is 48.5 Å². The summed E-state index contributed by atoms with van der Waals surface area (Å²) < 4.78 is 27.5. The van der Waals surface area contributed by atoms with E-state index >= 15 is 0 Å². The van der Waals surface area contributed by atoms with Crippen molar-refractivity contribution in [2.45, 2.75) is 17.9 Å². The number of nitrogens with zero attached hydrogens (tertiary/aromatic N) is 2. The molecule has 3 aromatic carbocycles. The van der Waals surface area contributed by atoms with Gasteiger partial charge in [-0.05, 0) is 36.6 Å². The number of carbonyl (C=O) groups excluding carboxylic acids is 1. The van der Waals surface area contributed by atoms with Crippen LogP contribution in [0.25, 0.3) is 10.8 Å². The SMILES string of the molecule is CC(C(=O)N(C)c1ccccc1)N1c2cccc3cccc(c23)S1(=O)=O. The second-order valence-electron chi connectivity index (χ2n) is 6.34. The molecule has 3 aromatic rings. The predicted octanol–water partition coefficient (Wildman–Crippen LogP) is 3.40. The van der Waals surface area contributed by atoms with Crippen LogP contribution in [-0.4, -0.2) is 27.4 Å². The molecule has 0 fully saturated rings. The van der Waals surface area contributed by atoms with Gasteiger partial charge in [-0.2, -0.15) is 0 Å². The van der Waals surface area contributed by atoms with Crippen molar-refractivity contribution >= 4 is 38.1 Å². The number of para-hydroxylation sites is 1. The molecule has 1 aliphatic heterocycles. The number of benzene rings is 3. The summed E-state index contributed by atoms with van der Waals surface area (Å²) in [5.74, 6) is -0.287. The molecule has 4 rings (SSSR count). The predicted molar refractivity (Wildman–Crippen MR) is 103 cm³/mol. The maximum absolute atomic E-state index is 13.1. The smallest absolute Gasteiger partial charge is 0.265 e. The molecule has 26 heavy (non-hydrogen) atoms. The highest BCUT2D eigenvalue weighted by Gasteiger charge is 2.41. The molecule has 132 valence electrons. The molecule has 1 atom stereocenters. The van der Waals surface area contributed by atoms with Crippen LogP contribution in [0.5, 0.6) is 0 Å². The third-order valence-electron chi connectivity index (χ3n) is 4.80. The van der Waals surface area contributed by atoms with Crippen molar-refractivity contribution in [3.05, 3.63) is 66.7 Å². The molecule has 6 heteroatoms. The van der Waals surface area contributed by atoms with Crippen LogP contribution >= 0.6 is 0 Å². The van der Waals surface area contributed by atoms with Crippen molar-refractivity contribution in [3.63, 3.8) is 0 Å². The number of amides is 1. The molecular weight excluding hydrogens is 348 g/mol. The van der Waals surface area contributed by atoms with E-state index in [1.54, 1.807) is 32.2 Å². The number of hydrogen-bond donors (Lipinski definition) is 0. The van der Waals surface area contributed by atoms with Gasteiger partial charge in [0.05, 0.1) is 10.6 Å². The number of hydrogen-bond acceptors (Lipinski definition) is 3. The lowest BCUT2D eigenvalue weighted by atomic mass is 10.1. The van der Waals surface area contributed by atoms with Crippen LogP contribution in [-0.2, 0) is 14.8 Å². The van der Waals surface area contributed by atoms with Gasteiger partial charge in [-0.3, -0.25) is 9.10 Å². The molecule has 1 heterocycles. The fourth-order valence-electron chi connectivity index (χ4n) is 3.50. The largest absolute Gasteiger partial charge is 0.314 e. The van der Waals surface area contributed by atoms with E-state index in [0.717, 1.165) is 11.1 Å². The summed E-state index contributed by atoms with van der Waals surface area (Å²) in [6, 6.07) is 19.0. The highest BCUT2D eigenvalue weighted by Crippen LogP contribution is 2.43. The fraction of sp³-hybridized carbons (Fsp3) is 0.150. The zero-order valence-electron chi connectivity index (χ0n) is 14.5. The molecule has 1 aliphatic rings. The van der Waals surface area contributed by atoms with E-state index in [2.05, 4.69) is 0 Å². The average molecular weight is 366 g/mol. The topological polar surface area (TPSA) is 57.7 Å². The van der Waals surface area contributed by atoms with E-state index in [9.17, 15) is 13.2 Å². The van der Waals surface area contributed by atoms with Gasteiger partial charge in [0.25, 0.3) is 10.0 Å². The van der Waals surface area contributed by atoms with Crippen molar-refractivity contribution in [2.75, 3.05) is 16.3 Å². The third-order valence-corrected chi connectivity index (χ3v) is 6.73. The first-order chi connectivity index (χ1) is 12.4. The maximum Gasteiger partial charge on any atom is 0.265 e. The van der Waals surface area contributed by atoms with Gasteiger partial charge in [-0.25, -0.2) is 8.42 Å².